The molecule has 0 spiro atoms. The van der Waals surface area contributed by atoms with Crippen molar-refractivity contribution in [1.29, 1.82) is 0 Å². The van der Waals surface area contributed by atoms with Crippen molar-refractivity contribution in [2.24, 2.45) is 0 Å². The molecule has 0 heterocycles. The van der Waals surface area contributed by atoms with E-state index in [4.69, 9.17) is 9.66 Å². The van der Waals surface area contributed by atoms with Crippen molar-refractivity contribution in [2.75, 3.05) is 11.1 Å². The maximum absolute atomic E-state index is 10.9. The Morgan fingerprint density at radius 3 is 2.22 bits per heavy atom. The summed E-state index contributed by atoms with van der Waals surface area (Å²) >= 11 is 0. The van der Waals surface area contributed by atoms with Gasteiger partial charge in [-0.2, -0.15) is 8.42 Å². The van der Waals surface area contributed by atoms with Crippen LogP contribution in [0.15, 0.2) is 18.2 Å². The number of benzene rings is 1. The number of carbonyl (C=O) groups is 1. The van der Waals surface area contributed by atoms with Gasteiger partial charge in [0.25, 0.3) is 21.5 Å². The zero-order chi connectivity index (χ0) is 17.1. The van der Waals surface area contributed by atoms with Gasteiger partial charge < -0.3 is 10.4 Å². The molecule has 12 nitrogen and oxygen atoms in total. The molecule has 0 aliphatic carbocycles. The molecule has 1 atom stereocenters. The summed E-state index contributed by atoms with van der Waals surface area (Å²) in [6, 6.07) is 0.460. The number of nitrogens with zero attached hydrogens (tertiary/aromatic N) is 2. The van der Waals surface area contributed by atoms with Gasteiger partial charge in [0.15, 0.2) is 0 Å². The molecule has 1 aromatic rings. The summed E-state index contributed by atoms with van der Waals surface area (Å²) in [5.74, 6) is -2.93. The van der Waals surface area contributed by atoms with Gasteiger partial charge >= 0.3 is 5.97 Å². The van der Waals surface area contributed by atoms with Gasteiger partial charge in [0, 0.05) is 35.6 Å². The van der Waals surface area contributed by atoms with E-state index in [9.17, 15) is 33.4 Å². The predicted molar refractivity (Wildman–Crippen MR) is 77.0 cm³/mol. The number of carboxylic acids is 1. The van der Waals surface area contributed by atoms with Gasteiger partial charge in [-0.3, -0.25) is 24.8 Å². The molecule has 0 fully saturated rings. The van der Waals surface area contributed by atoms with Gasteiger partial charge in [-0.05, 0) is 6.07 Å². The van der Waals surface area contributed by atoms with Crippen LogP contribution >= 0.6 is 0 Å². The third-order valence-corrected chi connectivity index (χ3v) is 3.15. The summed E-state index contributed by atoms with van der Waals surface area (Å²) < 4.78 is 30.1. The van der Waals surface area contributed by atoms with Gasteiger partial charge in [-0.25, -0.2) is 4.79 Å². The normalized spacial score (nSPS) is 11.9. The monoisotopic (exact) mass is 358 g/mol. The number of nitro groups is 2. The second-order valence-corrected chi connectivity index (χ2v) is 5.50. The summed E-state index contributed by atoms with van der Waals surface area (Å²) in [4.78, 5) is 30.5. The van der Waals surface area contributed by atoms with E-state index >= 15 is 0 Å². The van der Waals surface area contributed by atoms with Crippen LogP contribution in [0.3, 0.4) is 0 Å². The Hall–Kier alpha value is -1.80. The van der Waals surface area contributed by atoms with E-state index in [-0.39, 0.29) is 29.6 Å². The Labute approximate surface area is 150 Å². The standard InChI is InChI=1S/C9H9N3O9S.Na/c13-9(14)7(4-22(19,20)21)10-6-2-1-5(11(15)16)3-8(6)12(17)18;/h1-3,7,10H,4H2,(H,13,14)(H,19,20,21);. The van der Waals surface area contributed by atoms with Crippen molar-refractivity contribution in [3.05, 3.63) is 38.4 Å². The van der Waals surface area contributed by atoms with Gasteiger partial charge in [-0.1, -0.05) is 0 Å². The summed E-state index contributed by atoms with van der Waals surface area (Å²) in [6.07, 6.45) is 0. The van der Waals surface area contributed by atoms with Gasteiger partial charge in [0.1, 0.15) is 17.5 Å². The fourth-order valence-electron chi connectivity index (χ4n) is 1.48. The Kier molecular flexibility index (Phi) is 7.53. The molecule has 0 aliphatic rings. The number of hydrogen-bond donors (Lipinski definition) is 3. The van der Waals surface area contributed by atoms with Crippen LogP contribution in [-0.4, -0.2) is 75.2 Å². The fraction of sp³-hybridized carbons (Fsp3) is 0.222. The minimum atomic E-state index is -4.66. The second kappa shape index (κ2) is 8.16. The van der Waals surface area contributed by atoms with Crippen molar-refractivity contribution in [1.82, 2.24) is 0 Å². The summed E-state index contributed by atoms with van der Waals surface area (Å²) in [5.41, 5.74) is -1.85. The summed E-state index contributed by atoms with van der Waals surface area (Å²) in [7, 11) is -4.66. The zero-order valence-corrected chi connectivity index (χ0v) is 14.4. The minimum absolute atomic E-state index is 0. The number of hydrogen-bond acceptors (Lipinski definition) is 8. The molecule has 0 amide bonds. The maximum atomic E-state index is 10.9. The number of carboxylic acid groups (broad SMARTS) is 1. The Morgan fingerprint density at radius 2 is 1.83 bits per heavy atom. The van der Waals surface area contributed by atoms with Crippen molar-refractivity contribution < 1.29 is 32.7 Å². The van der Waals surface area contributed by atoms with E-state index in [0.717, 1.165) is 12.1 Å². The van der Waals surface area contributed by atoms with Gasteiger partial charge in [0.2, 0.25) is 0 Å². The molecular formula is C9H9N3NaO9S. The zero-order valence-electron chi connectivity index (χ0n) is 11.6. The first-order chi connectivity index (χ1) is 10.0. The summed E-state index contributed by atoms with van der Waals surface area (Å²) in [6.45, 7) is 0. The number of non-ortho nitro benzene ring substituents is 1. The van der Waals surface area contributed by atoms with E-state index < -0.39 is 54.8 Å². The molecule has 121 valence electrons. The minimum Gasteiger partial charge on any atom is -0.480 e. The van der Waals surface area contributed by atoms with Crippen LogP contribution in [0.1, 0.15) is 0 Å². The molecule has 1 aromatic carbocycles. The maximum Gasteiger partial charge on any atom is 0.327 e. The summed E-state index contributed by atoms with van der Waals surface area (Å²) in [5, 5.41) is 32.3. The molecule has 23 heavy (non-hydrogen) atoms. The topological polar surface area (TPSA) is 190 Å². The van der Waals surface area contributed by atoms with Crippen LogP contribution in [0.25, 0.3) is 0 Å². The van der Waals surface area contributed by atoms with Crippen LogP contribution in [-0.2, 0) is 14.9 Å². The Bertz CT molecular complexity index is 736. The first kappa shape index (κ1) is 21.2. The average Bonchev–Trinajstić information content (AvgIpc) is 2.36. The molecule has 1 unspecified atom stereocenters. The van der Waals surface area contributed by atoms with Crippen LogP contribution in [0.2, 0.25) is 0 Å². The number of aliphatic carboxylic acids is 1. The SMILES string of the molecule is O=C(O)C(CS(=O)(=O)O)Nc1ccc([N+](=O)[O-])cc1[N+](=O)[O-].[Na]. The van der Waals surface area contributed by atoms with Crippen molar-refractivity contribution in [3.63, 3.8) is 0 Å². The largest absolute Gasteiger partial charge is 0.480 e. The molecule has 0 aliphatic heterocycles. The van der Waals surface area contributed by atoms with Gasteiger partial charge in [0.05, 0.1) is 15.9 Å². The molecule has 14 heteroatoms. The third kappa shape index (κ3) is 6.45. The molecule has 0 saturated heterocycles. The first-order valence-electron chi connectivity index (χ1n) is 5.38. The number of nitrogens with one attached hydrogen (secondary N) is 1. The van der Waals surface area contributed by atoms with E-state index in [1.54, 1.807) is 0 Å². The first-order valence-corrected chi connectivity index (χ1v) is 6.99. The molecule has 3 N–H and O–H groups in total. The van der Waals surface area contributed by atoms with E-state index in [1.165, 1.54) is 0 Å². The number of nitro benzene ring substituents is 2. The smallest absolute Gasteiger partial charge is 0.327 e. The van der Waals surface area contributed by atoms with Crippen LogP contribution < -0.4 is 5.32 Å². The van der Waals surface area contributed by atoms with Crippen LogP contribution in [0.5, 0.6) is 0 Å². The predicted octanol–water partition coefficient (Wildman–Crippen LogP) is -0.125. The van der Waals surface area contributed by atoms with Crippen LogP contribution in [0.4, 0.5) is 17.1 Å². The Morgan fingerprint density at radius 1 is 1.26 bits per heavy atom. The quantitative estimate of drug-likeness (QED) is 0.256. The molecular weight excluding hydrogens is 349 g/mol. The Balaban J connectivity index is 0.00000484. The van der Waals surface area contributed by atoms with E-state index in [0.29, 0.717) is 6.07 Å². The molecule has 0 aromatic heterocycles. The van der Waals surface area contributed by atoms with E-state index in [2.05, 4.69) is 0 Å². The van der Waals surface area contributed by atoms with Crippen molar-refractivity contribution >= 4 is 62.7 Å². The molecule has 0 saturated carbocycles. The van der Waals surface area contributed by atoms with Crippen molar-refractivity contribution in [2.45, 2.75) is 6.04 Å². The molecule has 1 rings (SSSR count). The number of anilines is 1. The van der Waals surface area contributed by atoms with Gasteiger partial charge in [-0.15, -0.1) is 0 Å². The average molecular weight is 358 g/mol. The fourth-order valence-corrected chi connectivity index (χ4v) is 2.13. The third-order valence-electron chi connectivity index (χ3n) is 2.39. The molecule has 0 bridgehead atoms. The molecule has 1 radical (unpaired) electrons. The van der Waals surface area contributed by atoms with E-state index in [1.807, 2.05) is 5.32 Å². The second-order valence-electron chi connectivity index (χ2n) is 4.00. The van der Waals surface area contributed by atoms with Crippen molar-refractivity contribution in [3.8, 4) is 0 Å². The van der Waals surface area contributed by atoms with Crippen LogP contribution in [0, 0.1) is 20.2 Å². The number of rotatable bonds is 7.